The molecule has 2 N–H and O–H groups in total. The van der Waals surface area contributed by atoms with Crippen LogP contribution in [0.4, 0.5) is 5.69 Å². The predicted molar refractivity (Wildman–Crippen MR) is 95.0 cm³/mol. The maximum Gasteiger partial charge on any atom is 0.137 e. The lowest BCUT2D eigenvalue weighted by atomic mass is 9.97. The third-order valence-corrected chi connectivity index (χ3v) is 5.19. The van der Waals surface area contributed by atoms with E-state index in [0.29, 0.717) is 12.1 Å². The molecule has 0 radical (unpaired) electrons. The maximum absolute atomic E-state index is 5.98. The van der Waals surface area contributed by atoms with Crippen molar-refractivity contribution < 1.29 is 4.74 Å². The smallest absolute Gasteiger partial charge is 0.137 e. The normalized spacial score (nSPS) is 27.1. The van der Waals surface area contributed by atoms with Gasteiger partial charge in [0, 0.05) is 50.4 Å². The molecule has 1 aromatic carbocycles. The Hall–Kier alpha value is -1.85. The number of imidazole rings is 1. The predicted octanol–water partition coefficient (Wildman–Crippen LogP) is 3.18. The second-order valence-corrected chi connectivity index (χ2v) is 6.85. The number of aryl methyl sites for hydroxylation is 1. The lowest BCUT2D eigenvalue weighted by Gasteiger charge is -2.33. The van der Waals surface area contributed by atoms with Gasteiger partial charge in [-0.3, -0.25) is 0 Å². The van der Waals surface area contributed by atoms with Gasteiger partial charge in [-0.2, -0.15) is 0 Å². The average molecular weight is 326 g/mol. The number of fused-ring (bicyclic) bond motifs is 1. The Balaban J connectivity index is 1.48. The van der Waals surface area contributed by atoms with Crippen LogP contribution in [-0.2, 0) is 11.8 Å². The van der Waals surface area contributed by atoms with Gasteiger partial charge in [0.15, 0.2) is 0 Å². The Morgan fingerprint density at radius 2 is 2.21 bits per heavy atom. The molecule has 0 spiro atoms. The highest BCUT2D eigenvalue weighted by Gasteiger charge is 2.29. The standard InChI is InChI=1S/C19H26N4O/c1-23-11-10-21-19(23)18-13-14(8-12-24-18)22-17-7-4-9-20-16-6-3-2-5-15(16)17/h2-3,5-6,10-11,14,17-18,20,22H,4,7-9,12-13H2,1H3. The fourth-order valence-electron chi connectivity index (χ4n) is 3.92. The molecule has 2 aliphatic rings. The Labute approximate surface area is 143 Å². The second kappa shape index (κ2) is 6.95. The van der Waals surface area contributed by atoms with Crippen molar-refractivity contribution in [3.8, 4) is 0 Å². The van der Waals surface area contributed by atoms with Crippen molar-refractivity contribution in [3.05, 3.63) is 48.0 Å². The number of anilines is 1. The van der Waals surface area contributed by atoms with Crippen molar-refractivity contribution in [2.24, 2.45) is 7.05 Å². The van der Waals surface area contributed by atoms with Crippen molar-refractivity contribution in [1.82, 2.24) is 14.9 Å². The van der Waals surface area contributed by atoms with Crippen molar-refractivity contribution in [2.75, 3.05) is 18.5 Å². The lowest BCUT2D eigenvalue weighted by molar-refractivity contribution is -0.00840. The molecule has 3 unspecified atom stereocenters. The number of nitrogens with zero attached hydrogens (tertiary/aromatic N) is 2. The molecule has 5 heteroatoms. The zero-order valence-corrected chi connectivity index (χ0v) is 14.2. The SMILES string of the molecule is Cn1ccnc1C1CC(NC2CCCNc3ccccc32)CCO1. The van der Waals surface area contributed by atoms with Crippen LogP contribution in [-0.4, -0.2) is 28.7 Å². The molecular formula is C19H26N4O. The van der Waals surface area contributed by atoms with E-state index in [0.717, 1.165) is 31.8 Å². The van der Waals surface area contributed by atoms with Crippen molar-refractivity contribution in [1.29, 1.82) is 0 Å². The van der Waals surface area contributed by atoms with Crippen LogP contribution >= 0.6 is 0 Å². The van der Waals surface area contributed by atoms with Crippen LogP contribution in [0.2, 0.25) is 0 Å². The van der Waals surface area contributed by atoms with Crippen molar-refractivity contribution >= 4 is 5.69 Å². The van der Waals surface area contributed by atoms with Gasteiger partial charge in [-0.1, -0.05) is 18.2 Å². The molecule has 3 heterocycles. The van der Waals surface area contributed by atoms with Gasteiger partial charge in [-0.25, -0.2) is 4.98 Å². The van der Waals surface area contributed by atoms with Gasteiger partial charge in [0.1, 0.15) is 11.9 Å². The minimum atomic E-state index is 0.0930. The summed E-state index contributed by atoms with van der Waals surface area (Å²) >= 11 is 0. The zero-order valence-electron chi connectivity index (χ0n) is 14.2. The highest BCUT2D eigenvalue weighted by molar-refractivity contribution is 5.53. The van der Waals surface area contributed by atoms with Gasteiger partial charge in [0.25, 0.3) is 0 Å². The molecule has 3 atom stereocenters. The molecule has 2 aliphatic heterocycles. The van der Waals surface area contributed by atoms with E-state index in [-0.39, 0.29) is 6.10 Å². The van der Waals surface area contributed by atoms with Gasteiger partial charge in [-0.05, 0) is 37.3 Å². The molecule has 128 valence electrons. The van der Waals surface area contributed by atoms with Gasteiger partial charge in [0.05, 0.1) is 0 Å². The zero-order chi connectivity index (χ0) is 16.4. The summed E-state index contributed by atoms with van der Waals surface area (Å²) in [6.07, 6.45) is 8.35. The first kappa shape index (κ1) is 15.7. The number of rotatable bonds is 3. The van der Waals surface area contributed by atoms with Gasteiger partial charge in [0.2, 0.25) is 0 Å². The number of nitrogens with one attached hydrogen (secondary N) is 2. The Kier molecular flexibility index (Phi) is 4.54. The lowest BCUT2D eigenvalue weighted by Crippen LogP contribution is -2.38. The van der Waals surface area contributed by atoms with Crippen LogP contribution in [0.15, 0.2) is 36.7 Å². The number of hydrogen-bond donors (Lipinski definition) is 2. The topological polar surface area (TPSA) is 51.1 Å². The molecule has 1 aromatic heterocycles. The summed E-state index contributed by atoms with van der Waals surface area (Å²) in [6.45, 7) is 1.85. The summed E-state index contributed by atoms with van der Waals surface area (Å²) in [5.74, 6) is 1.03. The van der Waals surface area contributed by atoms with E-state index in [1.165, 1.54) is 24.1 Å². The van der Waals surface area contributed by atoms with Crippen LogP contribution in [0.25, 0.3) is 0 Å². The van der Waals surface area contributed by atoms with E-state index in [4.69, 9.17) is 4.74 Å². The molecule has 0 saturated carbocycles. The van der Waals surface area contributed by atoms with Crippen LogP contribution in [0.3, 0.4) is 0 Å². The molecular weight excluding hydrogens is 300 g/mol. The van der Waals surface area contributed by atoms with E-state index in [2.05, 4.69) is 44.5 Å². The minimum absolute atomic E-state index is 0.0930. The molecule has 0 bridgehead atoms. The van der Waals surface area contributed by atoms with Crippen LogP contribution in [0, 0.1) is 0 Å². The van der Waals surface area contributed by atoms with E-state index >= 15 is 0 Å². The van der Waals surface area contributed by atoms with Crippen molar-refractivity contribution in [3.63, 3.8) is 0 Å². The fourth-order valence-corrected chi connectivity index (χ4v) is 3.92. The summed E-state index contributed by atoms with van der Waals surface area (Å²) < 4.78 is 8.05. The Morgan fingerprint density at radius 1 is 1.29 bits per heavy atom. The van der Waals surface area contributed by atoms with E-state index in [9.17, 15) is 0 Å². The molecule has 5 nitrogen and oxygen atoms in total. The first-order valence-corrected chi connectivity index (χ1v) is 8.99. The van der Waals surface area contributed by atoms with Gasteiger partial charge >= 0.3 is 0 Å². The highest BCUT2D eigenvalue weighted by atomic mass is 16.5. The Morgan fingerprint density at radius 3 is 3.08 bits per heavy atom. The van der Waals surface area contributed by atoms with Gasteiger partial charge in [-0.15, -0.1) is 0 Å². The van der Waals surface area contributed by atoms with Crippen LogP contribution in [0.1, 0.15) is 49.2 Å². The Bertz CT molecular complexity index is 684. The van der Waals surface area contributed by atoms with E-state index < -0.39 is 0 Å². The summed E-state index contributed by atoms with van der Waals surface area (Å²) in [4.78, 5) is 4.47. The molecule has 1 saturated heterocycles. The monoisotopic (exact) mass is 326 g/mol. The molecule has 24 heavy (non-hydrogen) atoms. The van der Waals surface area contributed by atoms with E-state index in [1.807, 2.05) is 19.4 Å². The largest absolute Gasteiger partial charge is 0.385 e. The average Bonchev–Trinajstić information content (AvgIpc) is 2.94. The summed E-state index contributed by atoms with van der Waals surface area (Å²) in [5.41, 5.74) is 2.68. The van der Waals surface area contributed by atoms with E-state index in [1.54, 1.807) is 0 Å². The first-order chi connectivity index (χ1) is 11.8. The minimum Gasteiger partial charge on any atom is -0.385 e. The quantitative estimate of drug-likeness (QED) is 0.909. The maximum atomic E-state index is 5.98. The van der Waals surface area contributed by atoms with Crippen LogP contribution in [0.5, 0.6) is 0 Å². The fraction of sp³-hybridized carbons (Fsp3) is 0.526. The summed E-state index contributed by atoms with van der Waals surface area (Å²) in [7, 11) is 2.04. The molecule has 0 aliphatic carbocycles. The first-order valence-electron chi connectivity index (χ1n) is 8.99. The molecule has 0 amide bonds. The number of aromatic nitrogens is 2. The van der Waals surface area contributed by atoms with Gasteiger partial charge < -0.3 is 19.9 Å². The third-order valence-electron chi connectivity index (χ3n) is 5.19. The number of hydrogen-bond acceptors (Lipinski definition) is 4. The summed E-state index contributed by atoms with van der Waals surface area (Å²) in [5, 5.41) is 7.46. The third kappa shape index (κ3) is 3.19. The number of ether oxygens (including phenoxy) is 1. The van der Waals surface area contributed by atoms with Crippen molar-refractivity contribution in [2.45, 2.75) is 43.9 Å². The molecule has 4 rings (SSSR count). The number of para-hydroxylation sites is 1. The number of benzene rings is 1. The second-order valence-electron chi connectivity index (χ2n) is 6.85. The molecule has 1 fully saturated rings. The highest BCUT2D eigenvalue weighted by Crippen LogP contribution is 2.32. The van der Waals surface area contributed by atoms with Crippen LogP contribution < -0.4 is 10.6 Å². The molecule has 2 aromatic rings. The summed E-state index contributed by atoms with van der Waals surface area (Å²) in [6, 6.07) is 9.58.